The van der Waals surface area contributed by atoms with E-state index in [1.807, 2.05) is 6.20 Å². The Labute approximate surface area is 86.5 Å². The van der Waals surface area contributed by atoms with Crippen molar-refractivity contribution in [2.75, 3.05) is 6.54 Å². The van der Waals surface area contributed by atoms with Gasteiger partial charge < -0.3 is 5.32 Å². The zero-order valence-corrected chi connectivity index (χ0v) is 9.62. The summed E-state index contributed by atoms with van der Waals surface area (Å²) in [5.74, 6) is 0.699. The van der Waals surface area contributed by atoms with Gasteiger partial charge in [-0.05, 0) is 32.4 Å². The van der Waals surface area contributed by atoms with E-state index in [4.69, 9.17) is 0 Å². The molecule has 80 valence electrons. The second-order valence-corrected chi connectivity index (χ2v) is 4.39. The van der Waals surface area contributed by atoms with Crippen LogP contribution in [0.1, 0.15) is 39.4 Å². The predicted octanol–water partition coefficient (Wildman–Crippen LogP) is 2.21. The summed E-state index contributed by atoms with van der Waals surface area (Å²) >= 11 is 0. The van der Waals surface area contributed by atoms with Gasteiger partial charge in [0.15, 0.2) is 0 Å². The number of nitrogens with one attached hydrogen (secondary N) is 1. The predicted molar refractivity (Wildman–Crippen MR) is 59.2 cm³/mol. The molecule has 1 heterocycles. The third kappa shape index (κ3) is 3.14. The molecule has 0 radical (unpaired) electrons. The first-order chi connectivity index (χ1) is 6.61. The van der Waals surface area contributed by atoms with Gasteiger partial charge in [-0.15, -0.1) is 0 Å². The first kappa shape index (κ1) is 11.2. The average Bonchev–Trinajstić information content (AvgIpc) is 2.51. The number of rotatable bonds is 5. The quantitative estimate of drug-likeness (QED) is 0.780. The molecule has 0 aliphatic rings. The number of hydrogen-bond donors (Lipinski definition) is 1. The molecular formula is C11H21N3. The van der Waals surface area contributed by atoms with Crippen LogP contribution in [-0.2, 0) is 6.54 Å². The first-order valence-corrected chi connectivity index (χ1v) is 5.34. The van der Waals surface area contributed by atoms with Gasteiger partial charge in [0, 0.05) is 18.8 Å². The lowest BCUT2D eigenvalue weighted by molar-refractivity contribution is 0.481. The van der Waals surface area contributed by atoms with E-state index < -0.39 is 0 Å². The Morgan fingerprint density at radius 2 is 2.07 bits per heavy atom. The van der Waals surface area contributed by atoms with Gasteiger partial charge in [0.05, 0.1) is 5.69 Å². The summed E-state index contributed by atoms with van der Waals surface area (Å²) in [6.07, 6.45) is 1.87. The molecule has 14 heavy (non-hydrogen) atoms. The highest BCUT2D eigenvalue weighted by molar-refractivity contribution is 5.01. The topological polar surface area (TPSA) is 29.9 Å². The summed E-state index contributed by atoms with van der Waals surface area (Å²) in [5, 5.41) is 7.71. The van der Waals surface area contributed by atoms with E-state index in [9.17, 15) is 0 Å². The molecule has 1 N–H and O–H groups in total. The van der Waals surface area contributed by atoms with Crippen molar-refractivity contribution in [1.29, 1.82) is 0 Å². The molecule has 0 spiro atoms. The van der Waals surface area contributed by atoms with Crippen LogP contribution in [0.5, 0.6) is 0 Å². The Bertz CT molecular complexity index is 263. The van der Waals surface area contributed by atoms with Crippen LogP contribution in [-0.4, -0.2) is 16.3 Å². The van der Waals surface area contributed by atoms with Crippen molar-refractivity contribution in [3.63, 3.8) is 0 Å². The van der Waals surface area contributed by atoms with E-state index in [1.54, 1.807) is 0 Å². The van der Waals surface area contributed by atoms with Gasteiger partial charge in [-0.2, -0.15) is 5.10 Å². The molecule has 0 saturated heterocycles. The van der Waals surface area contributed by atoms with E-state index in [1.165, 1.54) is 5.69 Å². The van der Waals surface area contributed by atoms with E-state index in [-0.39, 0.29) is 0 Å². The second-order valence-electron chi connectivity index (χ2n) is 4.39. The summed E-state index contributed by atoms with van der Waals surface area (Å²) in [7, 11) is 0. The lowest BCUT2D eigenvalue weighted by atomic mass is 10.2. The van der Waals surface area contributed by atoms with E-state index in [0.717, 1.165) is 13.1 Å². The van der Waals surface area contributed by atoms with E-state index >= 15 is 0 Å². The molecular weight excluding hydrogens is 174 g/mol. The van der Waals surface area contributed by atoms with Crippen LogP contribution >= 0.6 is 0 Å². The monoisotopic (exact) mass is 195 g/mol. The van der Waals surface area contributed by atoms with Crippen molar-refractivity contribution in [2.24, 2.45) is 5.92 Å². The Morgan fingerprint density at radius 3 is 2.64 bits per heavy atom. The molecule has 0 saturated carbocycles. The van der Waals surface area contributed by atoms with Crippen molar-refractivity contribution in [1.82, 2.24) is 15.1 Å². The Kier molecular flexibility index (Phi) is 4.14. The summed E-state index contributed by atoms with van der Waals surface area (Å²) < 4.78 is 2.06. The van der Waals surface area contributed by atoms with Gasteiger partial charge in [0.25, 0.3) is 0 Å². The van der Waals surface area contributed by atoms with Crippen LogP contribution in [0.2, 0.25) is 0 Å². The van der Waals surface area contributed by atoms with Gasteiger partial charge in [-0.25, -0.2) is 0 Å². The smallest absolute Gasteiger partial charge is 0.0525 e. The molecule has 1 aromatic rings. The normalized spacial score (nSPS) is 11.6. The highest BCUT2D eigenvalue weighted by Crippen LogP contribution is 2.07. The molecule has 0 aromatic carbocycles. The van der Waals surface area contributed by atoms with Crippen LogP contribution in [0, 0.1) is 5.92 Å². The van der Waals surface area contributed by atoms with E-state index in [2.05, 4.69) is 48.9 Å². The van der Waals surface area contributed by atoms with Crippen molar-refractivity contribution >= 4 is 0 Å². The van der Waals surface area contributed by atoms with Crippen molar-refractivity contribution < 1.29 is 0 Å². The lowest BCUT2D eigenvalue weighted by Crippen LogP contribution is -2.21. The fourth-order valence-corrected chi connectivity index (χ4v) is 1.44. The van der Waals surface area contributed by atoms with Gasteiger partial charge in [0.1, 0.15) is 0 Å². The van der Waals surface area contributed by atoms with Crippen LogP contribution < -0.4 is 5.32 Å². The minimum Gasteiger partial charge on any atom is -0.311 e. The molecule has 0 aliphatic carbocycles. The highest BCUT2D eigenvalue weighted by Gasteiger charge is 2.04. The maximum atomic E-state index is 4.29. The van der Waals surface area contributed by atoms with E-state index in [0.29, 0.717) is 12.0 Å². The lowest BCUT2D eigenvalue weighted by Gasteiger charge is -2.12. The Morgan fingerprint density at radius 1 is 1.36 bits per heavy atom. The third-order valence-electron chi connectivity index (χ3n) is 2.10. The van der Waals surface area contributed by atoms with Gasteiger partial charge in [-0.3, -0.25) is 4.68 Å². The molecule has 0 fully saturated rings. The van der Waals surface area contributed by atoms with Crippen molar-refractivity contribution in [2.45, 2.75) is 40.3 Å². The zero-order valence-electron chi connectivity index (χ0n) is 9.62. The molecule has 3 heteroatoms. The summed E-state index contributed by atoms with van der Waals surface area (Å²) in [4.78, 5) is 0. The zero-order chi connectivity index (χ0) is 10.6. The Balaban J connectivity index is 2.46. The standard InChI is InChI=1S/C11H21N3/c1-9(2)7-12-8-11-5-6-13-14(11)10(3)4/h5-6,9-10,12H,7-8H2,1-4H3. The van der Waals surface area contributed by atoms with Crippen LogP contribution in [0.4, 0.5) is 0 Å². The minimum absolute atomic E-state index is 0.445. The summed E-state index contributed by atoms with van der Waals surface area (Å²) in [5.41, 5.74) is 1.26. The summed E-state index contributed by atoms with van der Waals surface area (Å²) in [6.45, 7) is 10.7. The van der Waals surface area contributed by atoms with Crippen molar-refractivity contribution in [3.8, 4) is 0 Å². The van der Waals surface area contributed by atoms with Crippen LogP contribution in [0.15, 0.2) is 12.3 Å². The molecule has 3 nitrogen and oxygen atoms in total. The number of nitrogens with zero attached hydrogens (tertiary/aromatic N) is 2. The molecule has 0 amide bonds. The van der Waals surface area contributed by atoms with Crippen molar-refractivity contribution in [3.05, 3.63) is 18.0 Å². The molecule has 0 bridgehead atoms. The van der Waals surface area contributed by atoms with Crippen LogP contribution in [0.25, 0.3) is 0 Å². The first-order valence-electron chi connectivity index (χ1n) is 5.34. The highest BCUT2D eigenvalue weighted by atomic mass is 15.3. The number of hydrogen-bond acceptors (Lipinski definition) is 2. The maximum absolute atomic E-state index is 4.29. The molecule has 0 unspecified atom stereocenters. The fourth-order valence-electron chi connectivity index (χ4n) is 1.44. The largest absolute Gasteiger partial charge is 0.311 e. The molecule has 0 atom stereocenters. The van der Waals surface area contributed by atoms with Crippen LogP contribution in [0.3, 0.4) is 0 Å². The molecule has 1 rings (SSSR count). The third-order valence-corrected chi connectivity index (χ3v) is 2.10. The molecule has 1 aromatic heterocycles. The SMILES string of the molecule is CC(C)CNCc1ccnn1C(C)C. The van der Waals surface area contributed by atoms with Gasteiger partial charge >= 0.3 is 0 Å². The fraction of sp³-hybridized carbons (Fsp3) is 0.727. The summed E-state index contributed by atoms with van der Waals surface area (Å²) in [6, 6.07) is 2.52. The molecule has 0 aliphatic heterocycles. The minimum atomic E-state index is 0.445. The average molecular weight is 195 g/mol. The van der Waals surface area contributed by atoms with Gasteiger partial charge in [0.2, 0.25) is 0 Å². The van der Waals surface area contributed by atoms with Gasteiger partial charge in [-0.1, -0.05) is 13.8 Å². The second kappa shape index (κ2) is 5.15. The Hall–Kier alpha value is -0.830. The number of aromatic nitrogens is 2. The maximum Gasteiger partial charge on any atom is 0.0525 e.